The van der Waals surface area contributed by atoms with Gasteiger partial charge in [-0.1, -0.05) is 18.2 Å². The third-order valence-electron chi connectivity index (χ3n) is 9.32. The Bertz CT molecular complexity index is 1690. The molecule has 3 aliphatic rings. The standard InChI is InChI=1S/C33H42N4O3S/c1-20-15-24(22(3)34-29-9-7-8-10-30(29)41(5,6)40)26-18-31(35(4)32(38)27(26)16-20)37-14-13-36(19-21(37)2)33(39)28-17-25(28)23-11-12-23/h7-10,15-16,18,21-23,25,28,34H,5,11-14,17,19H2,1-4,6H3/t21-,22+,25?,28?,41?/m0/s1. The summed E-state index contributed by atoms with van der Waals surface area (Å²) in [5, 5.41) is 5.16. The largest absolute Gasteiger partial charge is 0.378 e. The van der Waals surface area contributed by atoms with Crippen LogP contribution in [0.15, 0.2) is 52.2 Å². The number of aryl methyl sites for hydroxylation is 1. The maximum absolute atomic E-state index is 13.8. The van der Waals surface area contributed by atoms with Crippen LogP contribution in [0.25, 0.3) is 10.8 Å². The Kier molecular flexibility index (Phi) is 6.96. The van der Waals surface area contributed by atoms with E-state index >= 15 is 0 Å². The zero-order chi connectivity index (χ0) is 29.2. The van der Waals surface area contributed by atoms with E-state index in [9.17, 15) is 13.8 Å². The van der Waals surface area contributed by atoms with Gasteiger partial charge in [-0.05, 0) is 108 Å². The minimum absolute atomic E-state index is 0.0275. The quantitative estimate of drug-likeness (QED) is 0.410. The lowest BCUT2D eigenvalue weighted by Gasteiger charge is -2.42. The molecule has 3 unspecified atom stereocenters. The van der Waals surface area contributed by atoms with Gasteiger partial charge >= 0.3 is 0 Å². The van der Waals surface area contributed by atoms with Crippen LogP contribution in [0.4, 0.5) is 11.5 Å². The second-order valence-corrected chi connectivity index (χ2v) is 15.2. The number of carbonyl (C=O) groups is 1. The molecule has 2 heterocycles. The first kappa shape index (κ1) is 27.9. The van der Waals surface area contributed by atoms with Crippen molar-refractivity contribution in [1.29, 1.82) is 0 Å². The molecule has 0 radical (unpaired) electrons. The highest BCUT2D eigenvalue weighted by Crippen LogP contribution is 2.55. The number of aromatic nitrogens is 1. The molecule has 2 saturated carbocycles. The summed E-state index contributed by atoms with van der Waals surface area (Å²) in [5.41, 5.74) is 2.79. The number of benzene rings is 2. The van der Waals surface area contributed by atoms with E-state index in [4.69, 9.17) is 0 Å². The van der Waals surface area contributed by atoms with E-state index in [0.29, 0.717) is 41.7 Å². The Hall–Kier alpha value is -3.26. The van der Waals surface area contributed by atoms with Gasteiger partial charge in [0.25, 0.3) is 5.56 Å². The van der Waals surface area contributed by atoms with Crippen molar-refractivity contribution in [3.63, 3.8) is 0 Å². The van der Waals surface area contributed by atoms with E-state index in [-0.39, 0.29) is 23.6 Å². The Labute approximate surface area is 243 Å². The van der Waals surface area contributed by atoms with Gasteiger partial charge in [-0.3, -0.25) is 18.4 Å². The number of piperazine rings is 1. The van der Waals surface area contributed by atoms with Gasteiger partial charge in [0.1, 0.15) is 5.82 Å². The number of nitrogens with zero attached hydrogens (tertiary/aromatic N) is 3. The first-order chi connectivity index (χ1) is 19.4. The smallest absolute Gasteiger partial charge is 0.259 e. The van der Waals surface area contributed by atoms with Crippen molar-refractivity contribution in [2.24, 2.45) is 24.8 Å². The Morgan fingerprint density at radius 1 is 1.12 bits per heavy atom. The molecule has 2 aromatic carbocycles. The third-order valence-corrected chi connectivity index (χ3v) is 10.6. The van der Waals surface area contributed by atoms with Crippen LogP contribution in [0.5, 0.6) is 0 Å². The fourth-order valence-electron chi connectivity index (χ4n) is 6.86. The van der Waals surface area contributed by atoms with Crippen LogP contribution in [0.1, 0.15) is 50.3 Å². The van der Waals surface area contributed by atoms with Crippen LogP contribution < -0.4 is 15.8 Å². The summed E-state index contributed by atoms with van der Waals surface area (Å²) in [5.74, 6) is 6.75. The predicted octanol–water partition coefficient (Wildman–Crippen LogP) is 4.81. The normalized spacial score (nSPS) is 24.7. The van der Waals surface area contributed by atoms with Crippen molar-refractivity contribution in [2.45, 2.75) is 57.0 Å². The SMILES string of the molecule is C=S(C)(=O)c1ccccc1N[C@H](C)c1cc(C)cc2c(=O)n(C)c(N3CCN(C(=O)C4CC4C4CC4)C[C@@H]3C)cc12. The number of fused-ring (bicyclic) bond motifs is 1. The van der Waals surface area contributed by atoms with Crippen molar-refractivity contribution >= 4 is 43.6 Å². The first-order valence-electron chi connectivity index (χ1n) is 14.8. The number of hydrogen-bond donors (Lipinski definition) is 1. The zero-order valence-electron chi connectivity index (χ0n) is 24.9. The maximum Gasteiger partial charge on any atom is 0.259 e. The molecular formula is C33H42N4O3S. The van der Waals surface area contributed by atoms with Crippen LogP contribution in [0, 0.1) is 24.7 Å². The molecule has 1 aliphatic heterocycles. The summed E-state index contributed by atoms with van der Waals surface area (Å²) in [4.78, 5) is 32.0. The number of nitrogens with one attached hydrogen (secondary N) is 1. The Morgan fingerprint density at radius 3 is 2.54 bits per heavy atom. The highest BCUT2D eigenvalue weighted by Gasteiger charge is 2.52. The van der Waals surface area contributed by atoms with Crippen molar-refractivity contribution in [3.8, 4) is 0 Å². The molecule has 218 valence electrons. The fraction of sp³-hybridized carbons (Fsp3) is 0.485. The van der Waals surface area contributed by atoms with Crippen molar-refractivity contribution in [1.82, 2.24) is 9.47 Å². The molecule has 1 N–H and O–H groups in total. The lowest BCUT2D eigenvalue weighted by molar-refractivity contribution is -0.133. The minimum atomic E-state index is -2.42. The molecule has 1 saturated heterocycles. The lowest BCUT2D eigenvalue weighted by atomic mass is 9.97. The van der Waals surface area contributed by atoms with E-state index in [0.717, 1.165) is 40.4 Å². The Morgan fingerprint density at radius 2 is 1.85 bits per heavy atom. The third kappa shape index (κ3) is 5.27. The molecule has 3 fully saturated rings. The highest BCUT2D eigenvalue weighted by molar-refractivity contribution is 7.99. The molecule has 2 aliphatic carbocycles. The summed E-state index contributed by atoms with van der Waals surface area (Å²) in [6.07, 6.45) is 5.32. The molecule has 5 atom stereocenters. The van der Waals surface area contributed by atoms with E-state index < -0.39 is 9.52 Å². The van der Waals surface area contributed by atoms with Crippen LogP contribution in [0.3, 0.4) is 0 Å². The predicted molar refractivity (Wildman–Crippen MR) is 170 cm³/mol. The molecule has 1 amide bonds. The molecule has 8 heteroatoms. The average Bonchev–Trinajstić information content (AvgIpc) is 3.84. The molecule has 3 aromatic rings. The van der Waals surface area contributed by atoms with Crippen LogP contribution in [-0.4, -0.2) is 57.4 Å². The topological polar surface area (TPSA) is 74.7 Å². The van der Waals surface area contributed by atoms with Crippen LogP contribution in [-0.2, 0) is 21.4 Å². The maximum atomic E-state index is 13.8. The number of hydrogen-bond acceptors (Lipinski definition) is 5. The van der Waals surface area contributed by atoms with Gasteiger partial charge < -0.3 is 15.1 Å². The van der Waals surface area contributed by atoms with Gasteiger partial charge in [0.2, 0.25) is 5.91 Å². The summed E-state index contributed by atoms with van der Waals surface area (Å²) >= 11 is 0. The lowest BCUT2D eigenvalue weighted by Crippen LogP contribution is -2.55. The van der Waals surface area contributed by atoms with E-state index in [1.807, 2.05) is 44.3 Å². The fourth-order valence-corrected chi connectivity index (χ4v) is 7.82. The number of anilines is 2. The summed E-state index contributed by atoms with van der Waals surface area (Å²) < 4.78 is 14.6. The van der Waals surface area contributed by atoms with E-state index in [2.05, 4.69) is 47.0 Å². The van der Waals surface area contributed by atoms with Crippen LogP contribution in [0.2, 0.25) is 0 Å². The molecular weight excluding hydrogens is 532 g/mol. The van der Waals surface area contributed by atoms with Crippen molar-refractivity contribution < 1.29 is 9.00 Å². The second kappa shape index (κ2) is 10.2. The molecule has 1 aromatic heterocycles. The summed E-state index contributed by atoms with van der Waals surface area (Å²) in [6.45, 7) is 8.29. The molecule has 0 bridgehead atoms. The highest BCUT2D eigenvalue weighted by atomic mass is 32.2. The van der Waals surface area contributed by atoms with Crippen molar-refractivity contribution in [3.05, 3.63) is 63.9 Å². The van der Waals surface area contributed by atoms with Gasteiger partial charge in [0, 0.05) is 56.3 Å². The van der Waals surface area contributed by atoms with Crippen molar-refractivity contribution in [2.75, 3.05) is 36.1 Å². The molecule has 41 heavy (non-hydrogen) atoms. The monoisotopic (exact) mass is 574 g/mol. The summed E-state index contributed by atoms with van der Waals surface area (Å²) in [6, 6.07) is 13.8. The second-order valence-electron chi connectivity index (χ2n) is 12.7. The van der Waals surface area contributed by atoms with Gasteiger partial charge in [-0.2, -0.15) is 0 Å². The summed E-state index contributed by atoms with van der Waals surface area (Å²) in [7, 11) is -0.574. The molecule has 6 rings (SSSR count). The minimum Gasteiger partial charge on any atom is -0.378 e. The first-order valence-corrected chi connectivity index (χ1v) is 16.9. The number of carbonyl (C=O) groups excluding carboxylic acids is 1. The van der Waals surface area contributed by atoms with E-state index in [1.165, 1.54) is 12.8 Å². The Balaban J connectivity index is 1.31. The average molecular weight is 575 g/mol. The number of para-hydroxylation sites is 1. The zero-order valence-corrected chi connectivity index (χ0v) is 25.7. The van der Waals surface area contributed by atoms with Gasteiger partial charge in [-0.25, -0.2) is 0 Å². The molecule has 0 spiro atoms. The number of pyridine rings is 1. The van der Waals surface area contributed by atoms with Crippen LogP contribution >= 0.6 is 0 Å². The number of rotatable bonds is 7. The van der Waals surface area contributed by atoms with Gasteiger partial charge in [-0.15, -0.1) is 0 Å². The van der Waals surface area contributed by atoms with Gasteiger partial charge in [0.05, 0.1) is 10.6 Å². The van der Waals surface area contributed by atoms with Gasteiger partial charge in [0.15, 0.2) is 0 Å². The van der Waals surface area contributed by atoms with E-state index in [1.54, 1.807) is 10.8 Å². The number of amides is 1. The molecule has 7 nitrogen and oxygen atoms in total.